The molecule has 1 fully saturated rings. The van der Waals surface area contributed by atoms with Gasteiger partial charge in [0.15, 0.2) is 0 Å². The second kappa shape index (κ2) is 9.63. The van der Waals surface area contributed by atoms with Crippen LogP contribution in [0.25, 0.3) is 21.8 Å². The van der Waals surface area contributed by atoms with Gasteiger partial charge in [0, 0.05) is 35.2 Å². The Morgan fingerprint density at radius 2 is 2.00 bits per heavy atom. The maximum absolute atomic E-state index is 12.7. The Hall–Kier alpha value is -3.38. The summed E-state index contributed by atoms with van der Waals surface area (Å²) in [5, 5.41) is 5.26. The van der Waals surface area contributed by atoms with Crippen LogP contribution in [0.5, 0.6) is 5.75 Å². The van der Waals surface area contributed by atoms with Gasteiger partial charge in [-0.1, -0.05) is 18.2 Å². The molecule has 0 radical (unpaired) electrons. The number of piperidine rings is 1. The highest BCUT2D eigenvalue weighted by Crippen LogP contribution is 2.34. The van der Waals surface area contributed by atoms with Gasteiger partial charge in [0.25, 0.3) is 5.91 Å². The first kappa shape index (κ1) is 21.5. The van der Waals surface area contributed by atoms with Crippen LogP contribution in [-0.2, 0) is 0 Å². The first-order valence-electron chi connectivity index (χ1n) is 11.7. The smallest absolute Gasteiger partial charge is 0.252 e. The van der Waals surface area contributed by atoms with Crippen LogP contribution in [0.15, 0.2) is 60.9 Å². The predicted molar refractivity (Wildman–Crippen MR) is 132 cm³/mol. The van der Waals surface area contributed by atoms with E-state index in [2.05, 4.69) is 38.5 Å². The summed E-state index contributed by atoms with van der Waals surface area (Å²) in [4.78, 5) is 22.9. The van der Waals surface area contributed by atoms with Crippen molar-refractivity contribution in [1.29, 1.82) is 0 Å². The van der Waals surface area contributed by atoms with Gasteiger partial charge in [-0.15, -0.1) is 0 Å². The number of likely N-dealkylation sites (tertiary alicyclic amines) is 1. The van der Waals surface area contributed by atoms with E-state index >= 15 is 0 Å². The number of amides is 1. The van der Waals surface area contributed by atoms with Gasteiger partial charge in [0.05, 0.1) is 18.2 Å². The number of fused-ring (bicyclic) bond motifs is 2. The summed E-state index contributed by atoms with van der Waals surface area (Å²) >= 11 is 0. The topological polar surface area (TPSA) is 70.2 Å². The number of hydrogen-bond donors (Lipinski definition) is 2. The van der Waals surface area contributed by atoms with Crippen LogP contribution in [0.4, 0.5) is 0 Å². The zero-order valence-corrected chi connectivity index (χ0v) is 19.0. The fraction of sp³-hybridized carbons (Fsp3) is 0.333. The molecule has 1 amide bonds. The first-order chi connectivity index (χ1) is 16.2. The van der Waals surface area contributed by atoms with Gasteiger partial charge in [-0.05, 0) is 80.7 Å². The lowest BCUT2D eigenvalue weighted by Gasteiger charge is -2.32. The zero-order valence-electron chi connectivity index (χ0n) is 19.0. The number of para-hydroxylation sites is 1. The third kappa shape index (κ3) is 4.57. The van der Waals surface area contributed by atoms with Crippen molar-refractivity contribution in [1.82, 2.24) is 20.2 Å². The van der Waals surface area contributed by atoms with E-state index in [4.69, 9.17) is 4.74 Å². The summed E-state index contributed by atoms with van der Waals surface area (Å²) < 4.78 is 5.42. The first-order valence-corrected chi connectivity index (χ1v) is 11.7. The van der Waals surface area contributed by atoms with E-state index in [1.165, 1.54) is 16.5 Å². The molecule has 1 saturated heterocycles. The Morgan fingerprint density at radius 1 is 1.15 bits per heavy atom. The number of nitrogens with one attached hydrogen (secondary N) is 2. The number of nitrogens with zero attached hydrogens (tertiary/aromatic N) is 2. The lowest BCUT2D eigenvalue weighted by atomic mass is 9.89. The molecule has 0 unspecified atom stereocenters. The molecule has 33 heavy (non-hydrogen) atoms. The van der Waals surface area contributed by atoms with Crippen molar-refractivity contribution in [3.8, 4) is 5.75 Å². The average Bonchev–Trinajstić information content (AvgIpc) is 3.29. The standard InChI is InChI=1S/C27H30N4O2/c1-33-20-7-8-26-23(17-20)24(18-30-26)19-10-15-31(16-11-19)14-4-12-29-27(32)22-9-13-28-25-6-3-2-5-21(22)25/h2-3,5-9,13,17-19,30H,4,10-12,14-16H2,1H3,(H,29,32). The number of benzene rings is 2. The largest absolute Gasteiger partial charge is 0.497 e. The van der Waals surface area contributed by atoms with Crippen molar-refractivity contribution in [3.63, 3.8) is 0 Å². The molecule has 0 aliphatic carbocycles. The Labute approximate surface area is 194 Å². The molecule has 170 valence electrons. The lowest BCUT2D eigenvalue weighted by Crippen LogP contribution is -2.35. The lowest BCUT2D eigenvalue weighted by molar-refractivity contribution is 0.0952. The minimum atomic E-state index is -0.0259. The molecule has 6 nitrogen and oxygen atoms in total. The van der Waals surface area contributed by atoms with Gasteiger partial charge in [0.1, 0.15) is 5.75 Å². The number of H-pyrrole nitrogens is 1. The Kier molecular flexibility index (Phi) is 6.26. The third-order valence-electron chi connectivity index (χ3n) is 6.78. The van der Waals surface area contributed by atoms with Crippen molar-refractivity contribution in [2.24, 2.45) is 0 Å². The molecular weight excluding hydrogens is 412 g/mol. The van der Waals surface area contributed by atoms with E-state index in [0.717, 1.165) is 55.5 Å². The summed E-state index contributed by atoms with van der Waals surface area (Å²) in [6.45, 7) is 3.86. The SMILES string of the molecule is COc1ccc2[nH]cc(C3CCN(CCCNC(=O)c4ccnc5ccccc45)CC3)c2c1. The van der Waals surface area contributed by atoms with Gasteiger partial charge < -0.3 is 19.9 Å². The van der Waals surface area contributed by atoms with Crippen molar-refractivity contribution in [2.75, 3.05) is 33.3 Å². The zero-order chi connectivity index (χ0) is 22.6. The number of methoxy groups -OCH3 is 1. The molecule has 2 N–H and O–H groups in total. The molecule has 2 aromatic carbocycles. The fourth-order valence-corrected chi connectivity index (χ4v) is 4.95. The summed E-state index contributed by atoms with van der Waals surface area (Å²) in [5.41, 5.74) is 4.12. The molecule has 0 atom stereocenters. The monoisotopic (exact) mass is 442 g/mol. The van der Waals surface area contributed by atoms with Gasteiger partial charge in [-0.2, -0.15) is 0 Å². The third-order valence-corrected chi connectivity index (χ3v) is 6.78. The molecule has 0 saturated carbocycles. The van der Waals surface area contributed by atoms with E-state index in [9.17, 15) is 4.79 Å². The molecule has 2 aromatic heterocycles. The number of hydrogen-bond acceptors (Lipinski definition) is 4. The highest BCUT2D eigenvalue weighted by molar-refractivity contribution is 6.05. The number of ether oxygens (including phenoxy) is 1. The van der Waals surface area contributed by atoms with Crippen LogP contribution >= 0.6 is 0 Å². The van der Waals surface area contributed by atoms with E-state index in [0.29, 0.717) is 18.0 Å². The van der Waals surface area contributed by atoms with Gasteiger partial charge in [-0.25, -0.2) is 0 Å². The van der Waals surface area contributed by atoms with E-state index < -0.39 is 0 Å². The number of rotatable bonds is 7. The molecule has 1 aliphatic heterocycles. The van der Waals surface area contributed by atoms with Crippen LogP contribution in [0.1, 0.15) is 41.1 Å². The average molecular weight is 443 g/mol. The van der Waals surface area contributed by atoms with Crippen molar-refractivity contribution < 1.29 is 9.53 Å². The molecule has 1 aliphatic rings. The highest BCUT2D eigenvalue weighted by Gasteiger charge is 2.23. The fourth-order valence-electron chi connectivity index (χ4n) is 4.95. The van der Waals surface area contributed by atoms with Gasteiger partial charge in [-0.3, -0.25) is 9.78 Å². The van der Waals surface area contributed by atoms with Crippen molar-refractivity contribution in [3.05, 3.63) is 72.1 Å². The normalized spacial score (nSPS) is 15.2. The Balaban J connectivity index is 1.10. The Morgan fingerprint density at radius 3 is 2.85 bits per heavy atom. The van der Waals surface area contributed by atoms with Gasteiger partial charge in [0.2, 0.25) is 0 Å². The van der Waals surface area contributed by atoms with Crippen LogP contribution < -0.4 is 10.1 Å². The molecule has 0 spiro atoms. The number of carbonyl (C=O) groups excluding carboxylic acids is 1. The second-order valence-corrected chi connectivity index (χ2v) is 8.76. The van der Waals surface area contributed by atoms with Crippen molar-refractivity contribution >= 4 is 27.7 Å². The minimum Gasteiger partial charge on any atom is -0.497 e. The molecule has 4 aromatic rings. The number of carbonyl (C=O) groups is 1. The summed E-state index contributed by atoms with van der Waals surface area (Å²) in [5.74, 6) is 1.45. The molecular formula is C27H30N4O2. The summed E-state index contributed by atoms with van der Waals surface area (Å²) in [6.07, 6.45) is 7.12. The maximum Gasteiger partial charge on any atom is 0.252 e. The van der Waals surface area contributed by atoms with Crippen LogP contribution in [0.3, 0.4) is 0 Å². The second-order valence-electron chi connectivity index (χ2n) is 8.76. The van der Waals surface area contributed by atoms with Crippen LogP contribution in [-0.4, -0.2) is 54.1 Å². The van der Waals surface area contributed by atoms with Gasteiger partial charge >= 0.3 is 0 Å². The van der Waals surface area contributed by atoms with E-state index in [1.807, 2.05) is 30.3 Å². The predicted octanol–water partition coefficient (Wildman–Crippen LogP) is 4.72. The summed E-state index contributed by atoms with van der Waals surface area (Å²) in [7, 11) is 1.72. The highest BCUT2D eigenvalue weighted by atomic mass is 16.5. The molecule has 0 bridgehead atoms. The van der Waals surface area contributed by atoms with Crippen molar-refractivity contribution in [2.45, 2.75) is 25.2 Å². The maximum atomic E-state index is 12.7. The van der Waals surface area contributed by atoms with Crippen LogP contribution in [0, 0.1) is 0 Å². The number of pyridine rings is 1. The molecule has 6 heteroatoms. The molecule has 5 rings (SSSR count). The quantitative estimate of drug-likeness (QED) is 0.406. The van der Waals surface area contributed by atoms with E-state index in [-0.39, 0.29) is 5.91 Å². The van der Waals surface area contributed by atoms with E-state index in [1.54, 1.807) is 19.4 Å². The van der Waals surface area contributed by atoms with Crippen LogP contribution in [0.2, 0.25) is 0 Å². The Bertz CT molecular complexity index is 1250. The molecule has 3 heterocycles. The minimum absolute atomic E-state index is 0.0259. The number of aromatic amines is 1. The number of aromatic nitrogens is 2. The summed E-state index contributed by atoms with van der Waals surface area (Å²) in [6, 6.07) is 15.8.